The quantitative estimate of drug-likeness (QED) is 0.861. The van der Waals surface area contributed by atoms with Crippen LogP contribution >= 0.6 is 0 Å². The Kier molecular flexibility index (Phi) is 3.42. The van der Waals surface area contributed by atoms with Crippen molar-refractivity contribution >= 4 is 11.7 Å². The van der Waals surface area contributed by atoms with Gasteiger partial charge in [-0.1, -0.05) is 0 Å². The molecule has 1 aromatic carbocycles. The second-order valence-electron chi connectivity index (χ2n) is 4.11. The molecule has 2 rings (SSSR count). The van der Waals surface area contributed by atoms with Gasteiger partial charge in [0.2, 0.25) is 0 Å². The Labute approximate surface area is 100.0 Å². The Balaban J connectivity index is 2.01. The minimum Gasteiger partial charge on any atom is -0.497 e. The molecule has 0 aliphatic heterocycles. The second-order valence-corrected chi connectivity index (χ2v) is 4.11. The highest BCUT2D eigenvalue weighted by Crippen LogP contribution is 2.16. The average molecular weight is 233 g/mol. The van der Waals surface area contributed by atoms with E-state index in [0.717, 1.165) is 12.8 Å². The third-order valence-corrected chi connectivity index (χ3v) is 2.96. The summed E-state index contributed by atoms with van der Waals surface area (Å²) >= 11 is 0. The molecule has 0 unspecified atom stereocenters. The van der Waals surface area contributed by atoms with E-state index in [1.807, 2.05) is 0 Å². The number of ether oxygens (including phenoxy) is 1. The van der Waals surface area contributed by atoms with Crippen LogP contribution in [0, 0.1) is 0 Å². The van der Waals surface area contributed by atoms with Crippen LogP contribution in [-0.4, -0.2) is 24.8 Å². The number of rotatable bonds is 3. The number of benzene rings is 1. The summed E-state index contributed by atoms with van der Waals surface area (Å²) in [4.78, 5) is 23.2. The summed E-state index contributed by atoms with van der Waals surface area (Å²) in [5.41, 5.74) is 0.547. The molecule has 1 fully saturated rings. The number of nitrogens with one attached hydrogen (secondary N) is 1. The first-order valence-electron chi connectivity index (χ1n) is 5.68. The molecule has 0 radical (unpaired) electrons. The van der Waals surface area contributed by atoms with E-state index in [-0.39, 0.29) is 17.7 Å². The first-order valence-corrected chi connectivity index (χ1v) is 5.68. The highest BCUT2D eigenvalue weighted by Gasteiger charge is 2.25. The summed E-state index contributed by atoms with van der Waals surface area (Å²) in [7, 11) is 1.58. The van der Waals surface area contributed by atoms with Gasteiger partial charge < -0.3 is 10.1 Å². The second kappa shape index (κ2) is 4.99. The van der Waals surface area contributed by atoms with Crippen molar-refractivity contribution in [2.45, 2.75) is 25.3 Å². The van der Waals surface area contributed by atoms with E-state index in [9.17, 15) is 9.59 Å². The number of carbonyl (C=O) groups excluding carboxylic acids is 2. The Bertz CT molecular complexity index is 425. The molecule has 1 aliphatic carbocycles. The van der Waals surface area contributed by atoms with E-state index in [4.69, 9.17) is 4.74 Å². The van der Waals surface area contributed by atoms with E-state index in [2.05, 4.69) is 5.32 Å². The number of methoxy groups -OCH3 is 1. The van der Waals surface area contributed by atoms with E-state index in [1.54, 1.807) is 31.4 Å². The minimum atomic E-state index is -0.301. The number of hydrogen-bond acceptors (Lipinski definition) is 3. The van der Waals surface area contributed by atoms with Gasteiger partial charge in [-0.25, -0.2) is 0 Å². The van der Waals surface area contributed by atoms with Crippen molar-refractivity contribution < 1.29 is 14.3 Å². The van der Waals surface area contributed by atoms with Crippen molar-refractivity contribution in [3.63, 3.8) is 0 Å². The van der Waals surface area contributed by atoms with Crippen molar-refractivity contribution in [3.05, 3.63) is 29.8 Å². The van der Waals surface area contributed by atoms with Crippen LogP contribution in [0.15, 0.2) is 24.3 Å². The maximum absolute atomic E-state index is 11.8. The third kappa shape index (κ3) is 2.64. The molecular formula is C13H15NO3. The van der Waals surface area contributed by atoms with Gasteiger partial charge in [-0.2, -0.15) is 0 Å². The predicted octanol–water partition coefficient (Wildman–Crippen LogP) is 1.55. The summed E-state index contributed by atoms with van der Waals surface area (Å²) in [5.74, 6) is 0.637. The monoisotopic (exact) mass is 233 g/mol. The zero-order valence-corrected chi connectivity index (χ0v) is 9.73. The van der Waals surface area contributed by atoms with Crippen molar-refractivity contribution in [2.24, 2.45) is 0 Å². The van der Waals surface area contributed by atoms with Gasteiger partial charge in [0.1, 0.15) is 5.75 Å². The molecule has 1 aliphatic rings. The average Bonchev–Trinajstić information content (AvgIpc) is 2.75. The molecule has 4 nitrogen and oxygen atoms in total. The zero-order chi connectivity index (χ0) is 12.3. The summed E-state index contributed by atoms with van der Waals surface area (Å²) in [5, 5.41) is 2.75. The normalized spacial score (nSPS) is 19.1. The third-order valence-electron chi connectivity index (χ3n) is 2.96. The minimum absolute atomic E-state index is 0.131. The summed E-state index contributed by atoms with van der Waals surface area (Å²) < 4.78 is 5.01. The Morgan fingerprint density at radius 3 is 2.59 bits per heavy atom. The number of amides is 1. The summed E-state index contributed by atoms with van der Waals surface area (Å²) in [6.45, 7) is 0. The Morgan fingerprint density at radius 2 is 2.06 bits per heavy atom. The Morgan fingerprint density at radius 1 is 1.35 bits per heavy atom. The van der Waals surface area contributed by atoms with Crippen molar-refractivity contribution in [1.82, 2.24) is 5.32 Å². The van der Waals surface area contributed by atoms with Crippen molar-refractivity contribution in [1.29, 1.82) is 0 Å². The van der Waals surface area contributed by atoms with E-state index >= 15 is 0 Å². The SMILES string of the molecule is COc1ccc(C(=O)N[C@@H]2CCCC2=O)cc1. The lowest BCUT2D eigenvalue weighted by molar-refractivity contribution is -0.118. The standard InChI is InChI=1S/C13H15NO3/c1-17-10-7-5-9(6-8-10)13(16)14-11-3-2-4-12(11)15/h5-8,11H,2-4H2,1H3,(H,14,16)/t11-/m1/s1. The lowest BCUT2D eigenvalue weighted by atomic mass is 10.1. The molecule has 90 valence electrons. The van der Waals surface area contributed by atoms with Crippen LogP contribution in [0.3, 0.4) is 0 Å². The highest BCUT2D eigenvalue weighted by atomic mass is 16.5. The lowest BCUT2D eigenvalue weighted by Crippen LogP contribution is -2.37. The largest absolute Gasteiger partial charge is 0.497 e. The van der Waals surface area contributed by atoms with Crippen LogP contribution in [0.4, 0.5) is 0 Å². The smallest absolute Gasteiger partial charge is 0.251 e. The van der Waals surface area contributed by atoms with Crippen LogP contribution in [0.5, 0.6) is 5.75 Å². The fourth-order valence-electron chi connectivity index (χ4n) is 1.95. The van der Waals surface area contributed by atoms with Gasteiger partial charge in [-0.05, 0) is 37.1 Å². The lowest BCUT2D eigenvalue weighted by Gasteiger charge is -2.10. The van der Waals surface area contributed by atoms with Gasteiger partial charge in [0.15, 0.2) is 5.78 Å². The van der Waals surface area contributed by atoms with E-state index < -0.39 is 0 Å². The molecule has 1 aromatic rings. The molecule has 4 heteroatoms. The molecule has 17 heavy (non-hydrogen) atoms. The van der Waals surface area contributed by atoms with Gasteiger partial charge in [0.05, 0.1) is 13.2 Å². The van der Waals surface area contributed by atoms with Crippen LogP contribution in [0.1, 0.15) is 29.6 Å². The number of hydrogen-bond donors (Lipinski definition) is 1. The molecular weight excluding hydrogens is 218 g/mol. The van der Waals surface area contributed by atoms with Crippen molar-refractivity contribution in [2.75, 3.05) is 7.11 Å². The molecule has 1 atom stereocenters. The number of ketones is 1. The van der Waals surface area contributed by atoms with Gasteiger partial charge in [-0.3, -0.25) is 9.59 Å². The van der Waals surface area contributed by atoms with Gasteiger partial charge in [-0.15, -0.1) is 0 Å². The first-order chi connectivity index (χ1) is 8.20. The van der Waals surface area contributed by atoms with Crippen LogP contribution in [0.2, 0.25) is 0 Å². The number of Topliss-reactive ketones (excluding diaryl/α,β-unsaturated/α-hetero) is 1. The fraction of sp³-hybridized carbons (Fsp3) is 0.385. The molecule has 1 amide bonds. The molecule has 0 spiro atoms. The molecule has 0 saturated heterocycles. The van der Waals surface area contributed by atoms with Gasteiger partial charge in [0.25, 0.3) is 5.91 Å². The predicted molar refractivity (Wildman–Crippen MR) is 63.1 cm³/mol. The number of carbonyl (C=O) groups is 2. The molecule has 0 aromatic heterocycles. The molecule has 1 N–H and O–H groups in total. The fourth-order valence-corrected chi connectivity index (χ4v) is 1.95. The topological polar surface area (TPSA) is 55.4 Å². The maximum atomic E-state index is 11.8. The van der Waals surface area contributed by atoms with Crippen molar-refractivity contribution in [3.8, 4) is 5.75 Å². The van der Waals surface area contributed by atoms with E-state index in [1.165, 1.54) is 0 Å². The first kappa shape index (κ1) is 11.6. The van der Waals surface area contributed by atoms with Crippen LogP contribution < -0.4 is 10.1 Å². The summed E-state index contributed by atoms with van der Waals surface area (Å²) in [6, 6.07) is 6.53. The maximum Gasteiger partial charge on any atom is 0.251 e. The van der Waals surface area contributed by atoms with Crippen LogP contribution in [-0.2, 0) is 4.79 Å². The van der Waals surface area contributed by atoms with Gasteiger partial charge in [0, 0.05) is 12.0 Å². The summed E-state index contributed by atoms with van der Waals surface area (Å²) in [6.07, 6.45) is 2.20. The zero-order valence-electron chi connectivity index (χ0n) is 9.73. The van der Waals surface area contributed by atoms with Gasteiger partial charge >= 0.3 is 0 Å². The van der Waals surface area contributed by atoms with Crippen LogP contribution in [0.25, 0.3) is 0 Å². The molecule has 1 saturated carbocycles. The Hall–Kier alpha value is -1.84. The highest BCUT2D eigenvalue weighted by molar-refractivity contribution is 5.98. The van der Waals surface area contributed by atoms with E-state index in [0.29, 0.717) is 17.7 Å². The molecule has 0 heterocycles. The molecule has 0 bridgehead atoms.